The van der Waals surface area contributed by atoms with Crippen molar-refractivity contribution >= 4 is 10.9 Å². The van der Waals surface area contributed by atoms with Gasteiger partial charge in [-0.05, 0) is 80.0 Å². The number of hydrogen-bond acceptors (Lipinski definition) is 3. The molecule has 0 radical (unpaired) electrons. The van der Waals surface area contributed by atoms with Crippen LogP contribution in [0.4, 0.5) is 0 Å². The SMILES string of the molecule is Cc1cccc(-c2nc3cc4c(cc3cc2CN2CCC(O)CC2)CCC4)c1. The second-order valence-electron chi connectivity index (χ2n) is 8.54. The molecule has 0 spiro atoms. The molecule has 2 aliphatic rings. The number of rotatable bonds is 3. The summed E-state index contributed by atoms with van der Waals surface area (Å²) >= 11 is 0. The molecule has 1 aromatic heterocycles. The fourth-order valence-electron chi connectivity index (χ4n) is 4.77. The molecule has 3 nitrogen and oxygen atoms in total. The maximum Gasteiger partial charge on any atom is 0.0754 e. The molecule has 0 saturated carbocycles. The molecule has 0 bridgehead atoms. The zero-order valence-electron chi connectivity index (χ0n) is 16.6. The number of aromatic nitrogens is 1. The van der Waals surface area contributed by atoms with Crippen LogP contribution in [0.15, 0.2) is 42.5 Å². The number of hydrogen-bond donors (Lipinski definition) is 1. The van der Waals surface area contributed by atoms with E-state index in [-0.39, 0.29) is 6.10 Å². The first-order valence-electron chi connectivity index (χ1n) is 10.6. The van der Waals surface area contributed by atoms with Gasteiger partial charge in [-0.2, -0.15) is 0 Å². The Labute approximate surface area is 167 Å². The lowest BCUT2D eigenvalue weighted by Gasteiger charge is -2.30. The summed E-state index contributed by atoms with van der Waals surface area (Å²) in [6.07, 6.45) is 5.25. The molecule has 2 heterocycles. The summed E-state index contributed by atoms with van der Waals surface area (Å²) in [6, 6.07) is 15.7. The van der Waals surface area contributed by atoms with E-state index in [4.69, 9.17) is 4.98 Å². The van der Waals surface area contributed by atoms with Crippen LogP contribution in [0.2, 0.25) is 0 Å². The van der Waals surface area contributed by atoms with Crippen LogP contribution >= 0.6 is 0 Å². The number of aryl methyl sites for hydroxylation is 3. The highest BCUT2D eigenvalue weighted by Gasteiger charge is 2.20. The van der Waals surface area contributed by atoms with Crippen molar-refractivity contribution in [3.8, 4) is 11.3 Å². The minimum Gasteiger partial charge on any atom is -0.393 e. The Morgan fingerprint density at radius 2 is 1.82 bits per heavy atom. The van der Waals surface area contributed by atoms with Crippen LogP contribution in [0.3, 0.4) is 0 Å². The first-order chi connectivity index (χ1) is 13.7. The smallest absolute Gasteiger partial charge is 0.0754 e. The highest BCUT2D eigenvalue weighted by Crippen LogP contribution is 2.32. The quantitative estimate of drug-likeness (QED) is 0.727. The standard InChI is InChI=1S/C25H28N2O/c1-17-4-2-7-20(12-17)25-22(16-27-10-8-23(28)9-11-27)14-21-13-18-5-3-6-19(18)15-24(21)26-25/h2,4,7,12-15,23,28H,3,5-6,8-11,16H2,1H3. The molecule has 5 rings (SSSR count). The van der Waals surface area contributed by atoms with E-state index in [0.29, 0.717) is 0 Å². The van der Waals surface area contributed by atoms with E-state index < -0.39 is 0 Å². The summed E-state index contributed by atoms with van der Waals surface area (Å²) in [4.78, 5) is 7.63. The van der Waals surface area contributed by atoms with Crippen molar-refractivity contribution in [2.24, 2.45) is 0 Å². The van der Waals surface area contributed by atoms with Crippen LogP contribution in [0, 0.1) is 6.92 Å². The third kappa shape index (κ3) is 3.45. The molecule has 28 heavy (non-hydrogen) atoms. The second-order valence-corrected chi connectivity index (χ2v) is 8.54. The lowest BCUT2D eigenvalue weighted by atomic mass is 9.98. The van der Waals surface area contributed by atoms with Crippen LogP contribution in [0.5, 0.6) is 0 Å². The fourth-order valence-corrected chi connectivity index (χ4v) is 4.77. The molecule has 0 unspecified atom stereocenters. The van der Waals surface area contributed by atoms with Gasteiger partial charge in [0.05, 0.1) is 17.3 Å². The minimum absolute atomic E-state index is 0.134. The van der Waals surface area contributed by atoms with Crippen LogP contribution in [-0.4, -0.2) is 34.2 Å². The Balaban J connectivity index is 1.60. The number of benzene rings is 2. The molecule has 0 amide bonds. The largest absolute Gasteiger partial charge is 0.393 e. The summed E-state index contributed by atoms with van der Waals surface area (Å²) in [5.74, 6) is 0. The molecule has 2 aromatic carbocycles. The molecule has 1 saturated heterocycles. The summed E-state index contributed by atoms with van der Waals surface area (Å²) in [6.45, 7) is 4.95. The van der Waals surface area contributed by atoms with Crippen molar-refractivity contribution in [3.05, 3.63) is 64.7 Å². The molecule has 1 fully saturated rings. The van der Waals surface area contributed by atoms with Crippen LogP contribution < -0.4 is 0 Å². The summed E-state index contributed by atoms with van der Waals surface area (Å²) in [5, 5.41) is 11.1. The third-order valence-corrected chi connectivity index (χ3v) is 6.35. The van der Waals surface area contributed by atoms with E-state index in [1.54, 1.807) is 0 Å². The number of aliphatic hydroxyl groups is 1. The zero-order chi connectivity index (χ0) is 19.1. The Hall–Kier alpha value is -2.23. The minimum atomic E-state index is -0.134. The van der Waals surface area contributed by atoms with Gasteiger partial charge in [0, 0.05) is 30.6 Å². The molecule has 3 heteroatoms. The first kappa shape index (κ1) is 17.8. The van der Waals surface area contributed by atoms with Crippen LogP contribution in [-0.2, 0) is 19.4 Å². The number of pyridine rings is 1. The average molecular weight is 373 g/mol. The van der Waals surface area contributed by atoms with Gasteiger partial charge in [-0.3, -0.25) is 4.90 Å². The van der Waals surface area contributed by atoms with Gasteiger partial charge in [0.2, 0.25) is 0 Å². The highest BCUT2D eigenvalue weighted by molar-refractivity contribution is 5.85. The second kappa shape index (κ2) is 7.31. The number of likely N-dealkylation sites (tertiary alicyclic amines) is 1. The van der Waals surface area contributed by atoms with Gasteiger partial charge in [0.15, 0.2) is 0 Å². The van der Waals surface area contributed by atoms with Gasteiger partial charge >= 0.3 is 0 Å². The number of fused-ring (bicyclic) bond motifs is 2. The molecule has 1 N–H and O–H groups in total. The van der Waals surface area contributed by atoms with Crippen molar-refractivity contribution in [2.75, 3.05) is 13.1 Å². The normalized spacial score (nSPS) is 17.9. The summed E-state index contributed by atoms with van der Waals surface area (Å²) in [7, 11) is 0. The van der Waals surface area contributed by atoms with E-state index in [9.17, 15) is 5.11 Å². The van der Waals surface area contributed by atoms with Gasteiger partial charge in [-0.1, -0.05) is 23.8 Å². The van der Waals surface area contributed by atoms with E-state index >= 15 is 0 Å². The van der Waals surface area contributed by atoms with Gasteiger partial charge in [0.1, 0.15) is 0 Å². The number of nitrogens with zero attached hydrogens (tertiary/aromatic N) is 2. The topological polar surface area (TPSA) is 36.4 Å². The summed E-state index contributed by atoms with van der Waals surface area (Å²) < 4.78 is 0. The van der Waals surface area contributed by atoms with Crippen molar-refractivity contribution < 1.29 is 5.11 Å². The monoisotopic (exact) mass is 372 g/mol. The molecule has 144 valence electrons. The lowest BCUT2D eigenvalue weighted by molar-refractivity contribution is 0.0793. The van der Waals surface area contributed by atoms with Gasteiger partial charge in [-0.15, -0.1) is 0 Å². The van der Waals surface area contributed by atoms with E-state index in [1.165, 1.54) is 52.5 Å². The maximum atomic E-state index is 9.85. The highest BCUT2D eigenvalue weighted by atomic mass is 16.3. The third-order valence-electron chi connectivity index (χ3n) is 6.35. The Morgan fingerprint density at radius 1 is 1.04 bits per heavy atom. The molecule has 0 atom stereocenters. The van der Waals surface area contributed by atoms with Crippen LogP contribution in [0.1, 0.15) is 41.5 Å². The van der Waals surface area contributed by atoms with Crippen molar-refractivity contribution in [1.29, 1.82) is 0 Å². The predicted octanol–water partition coefficient (Wildman–Crippen LogP) is 4.66. The lowest BCUT2D eigenvalue weighted by Crippen LogP contribution is -2.35. The van der Waals surface area contributed by atoms with Gasteiger partial charge in [0.25, 0.3) is 0 Å². The van der Waals surface area contributed by atoms with Crippen LogP contribution in [0.25, 0.3) is 22.2 Å². The average Bonchev–Trinajstić information content (AvgIpc) is 3.15. The predicted molar refractivity (Wildman–Crippen MR) is 114 cm³/mol. The van der Waals surface area contributed by atoms with Gasteiger partial charge < -0.3 is 5.11 Å². The maximum absolute atomic E-state index is 9.85. The Kier molecular flexibility index (Phi) is 4.65. The van der Waals surface area contributed by atoms with Gasteiger partial charge in [-0.25, -0.2) is 4.98 Å². The van der Waals surface area contributed by atoms with E-state index in [1.807, 2.05) is 0 Å². The molecule has 1 aliphatic carbocycles. The molecule has 1 aliphatic heterocycles. The summed E-state index contributed by atoms with van der Waals surface area (Å²) in [5.41, 5.74) is 8.98. The fraction of sp³-hybridized carbons (Fsp3) is 0.400. The molecular formula is C25H28N2O. The van der Waals surface area contributed by atoms with Crippen molar-refractivity contribution in [2.45, 2.75) is 51.7 Å². The number of aliphatic hydroxyl groups excluding tert-OH is 1. The zero-order valence-corrected chi connectivity index (χ0v) is 16.6. The number of piperidine rings is 1. The van der Waals surface area contributed by atoms with Crippen molar-refractivity contribution in [3.63, 3.8) is 0 Å². The Morgan fingerprint density at radius 3 is 2.61 bits per heavy atom. The van der Waals surface area contributed by atoms with Crippen molar-refractivity contribution in [1.82, 2.24) is 9.88 Å². The molecular weight excluding hydrogens is 344 g/mol. The Bertz CT molecular complexity index is 1020. The van der Waals surface area contributed by atoms with E-state index in [0.717, 1.165) is 43.7 Å². The first-order valence-corrected chi connectivity index (χ1v) is 10.6. The molecule has 3 aromatic rings. The van der Waals surface area contributed by atoms with E-state index in [2.05, 4.69) is 54.3 Å².